The molecule has 1 aliphatic heterocycles. The van der Waals surface area contributed by atoms with Crippen molar-refractivity contribution in [2.45, 2.75) is 18.3 Å². The second-order valence-corrected chi connectivity index (χ2v) is 6.22. The van der Waals surface area contributed by atoms with Crippen LogP contribution >= 0.6 is 0 Å². The van der Waals surface area contributed by atoms with E-state index in [1.54, 1.807) is 0 Å². The summed E-state index contributed by atoms with van der Waals surface area (Å²) >= 11 is 0. The molecular formula is C12H12F3NO5S. The molecule has 1 aliphatic rings. The molecule has 1 amide bonds. The molecule has 6 nitrogen and oxygen atoms in total. The van der Waals surface area contributed by atoms with Gasteiger partial charge in [-0.15, -0.1) is 0 Å². The van der Waals surface area contributed by atoms with Gasteiger partial charge in [0.2, 0.25) is 0 Å². The highest BCUT2D eigenvalue weighted by atomic mass is 32.2. The Morgan fingerprint density at radius 1 is 1.18 bits per heavy atom. The van der Waals surface area contributed by atoms with Crippen LogP contribution in [0.4, 0.5) is 18.0 Å². The third-order valence-corrected chi connectivity index (χ3v) is 4.22. The van der Waals surface area contributed by atoms with Crippen molar-refractivity contribution in [3.63, 3.8) is 0 Å². The highest BCUT2D eigenvalue weighted by Gasteiger charge is 2.48. The monoisotopic (exact) mass is 339 g/mol. The van der Waals surface area contributed by atoms with Crippen molar-refractivity contribution < 1.29 is 35.7 Å². The van der Waals surface area contributed by atoms with Crippen molar-refractivity contribution in [2.24, 2.45) is 0 Å². The molecule has 0 bridgehead atoms. The molecule has 0 spiro atoms. The molecule has 1 heterocycles. The van der Waals surface area contributed by atoms with Gasteiger partial charge in [-0.3, -0.25) is 0 Å². The number of alkyl halides is 3. The molecule has 0 aromatic heterocycles. The Balaban J connectivity index is 2.22. The average Bonchev–Trinajstić information content (AvgIpc) is 2.58. The Morgan fingerprint density at radius 3 is 2.32 bits per heavy atom. The maximum absolute atomic E-state index is 12.3. The first-order valence-electron chi connectivity index (χ1n) is 6.20. The Labute approximate surface area is 124 Å². The molecule has 122 valence electrons. The topological polar surface area (TPSA) is 83.9 Å². The number of hydrogen-bond donors (Lipinski definition) is 1. The number of fused-ring (bicyclic) bond motifs is 1. The van der Waals surface area contributed by atoms with E-state index in [2.05, 4.69) is 4.18 Å². The zero-order valence-corrected chi connectivity index (χ0v) is 11.9. The van der Waals surface area contributed by atoms with Crippen LogP contribution in [0.1, 0.15) is 11.1 Å². The summed E-state index contributed by atoms with van der Waals surface area (Å²) < 4.78 is 62.8. The van der Waals surface area contributed by atoms with Crippen LogP contribution in [0.3, 0.4) is 0 Å². The molecule has 0 aliphatic carbocycles. The van der Waals surface area contributed by atoms with Crippen molar-refractivity contribution in [3.05, 3.63) is 29.3 Å². The van der Waals surface area contributed by atoms with Gasteiger partial charge in [-0.25, -0.2) is 4.79 Å². The summed E-state index contributed by atoms with van der Waals surface area (Å²) in [4.78, 5) is 12.1. The Hall–Kier alpha value is -1.97. The van der Waals surface area contributed by atoms with E-state index in [0.717, 1.165) is 11.6 Å². The van der Waals surface area contributed by atoms with Crippen molar-refractivity contribution in [2.75, 3.05) is 13.1 Å². The molecule has 10 heteroatoms. The van der Waals surface area contributed by atoms with Gasteiger partial charge in [0.1, 0.15) is 5.75 Å². The van der Waals surface area contributed by atoms with E-state index >= 15 is 0 Å². The molecule has 0 unspecified atom stereocenters. The number of hydrogen-bond acceptors (Lipinski definition) is 4. The summed E-state index contributed by atoms with van der Waals surface area (Å²) in [6.45, 7) is 0.446. The maximum Gasteiger partial charge on any atom is 0.534 e. The summed E-state index contributed by atoms with van der Waals surface area (Å²) in [5.74, 6) is -0.445. The minimum Gasteiger partial charge on any atom is -0.465 e. The van der Waals surface area contributed by atoms with Crippen LogP contribution in [0, 0.1) is 0 Å². The highest BCUT2D eigenvalue weighted by molar-refractivity contribution is 7.88. The van der Waals surface area contributed by atoms with Crippen LogP contribution in [0.25, 0.3) is 0 Å². The number of carbonyl (C=O) groups is 1. The quantitative estimate of drug-likeness (QED) is 0.658. The van der Waals surface area contributed by atoms with Crippen LogP contribution in [0.5, 0.6) is 5.75 Å². The second-order valence-electron chi connectivity index (χ2n) is 4.68. The first kappa shape index (κ1) is 16.4. The third kappa shape index (κ3) is 3.43. The maximum atomic E-state index is 12.3. The SMILES string of the molecule is O=C(O)N1CCc2ccc(OS(=O)(=O)C(F)(F)F)cc2CC1. The van der Waals surface area contributed by atoms with Crippen molar-refractivity contribution >= 4 is 16.2 Å². The zero-order chi connectivity index (χ0) is 16.5. The molecule has 0 saturated carbocycles. The molecule has 0 saturated heterocycles. The predicted molar refractivity (Wildman–Crippen MR) is 69.1 cm³/mol. The lowest BCUT2D eigenvalue weighted by Gasteiger charge is -2.15. The Kier molecular flexibility index (Phi) is 4.23. The standard InChI is InChI=1S/C12H12F3NO5S/c13-12(14,15)22(19,20)21-10-2-1-8-3-5-16(11(17)18)6-4-9(8)7-10/h1-2,7H,3-6H2,(H,17,18). The Morgan fingerprint density at radius 2 is 1.77 bits per heavy atom. The molecular weight excluding hydrogens is 327 g/mol. The fourth-order valence-corrected chi connectivity index (χ4v) is 2.57. The summed E-state index contributed by atoms with van der Waals surface area (Å²) in [6, 6.07) is 3.77. The zero-order valence-electron chi connectivity index (χ0n) is 11.1. The van der Waals surface area contributed by atoms with Gasteiger partial charge in [0.25, 0.3) is 0 Å². The van der Waals surface area contributed by atoms with E-state index in [1.807, 2.05) is 0 Å². The lowest BCUT2D eigenvalue weighted by atomic mass is 10.0. The van der Waals surface area contributed by atoms with Gasteiger partial charge >= 0.3 is 21.7 Å². The molecule has 2 rings (SSSR count). The van der Waals surface area contributed by atoms with Crippen LogP contribution in [-0.2, 0) is 23.0 Å². The van der Waals surface area contributed by atoms with E-state index in [0.29, 0.717) is 12.0 Å². The minimum atomic E-state index is -5.72. The number of halogens is 3. The first-order chi connectivity index (χ1) is 10.1. The summed E-state index contributed by atoms with van der Waals surface area (Å²) in [6.07, 6.45) is -0.414. The Bertz CT molecular complexity index is 686. The van der Waals surface area contributed by atoms with Gasteiger partial charge in [0.15, 0.2) is 0 Å². The number of amides is 1. The van der Waals surface area contributed by atoms with Crippen molar-refractivity contribution in [3.8, 4) is 5.75 Å². The van der Waals surface area contributed by atoms with Gasteiger partial charge in [-0.05, 0) is 36.1 Å². The normalized spacial score (nSPS) is 15.9. The van der Waals surface area contributed by atoms with Gasteiger partial charge in [-0.1, -0.05) is 6.07 Å². The lowest BCUT2D eigenvalue weighted by molar-refractivity contribution is -0.0500. The molecule has 1 aromatic carbocycles. The smallest absolute Gasteiger partial charge is 0.465 e. The second kappa shape index (κ2) is 5.67. The fourth-order valence-electron chi connectivity index (χ4n) is 2.12. The van der Waals surface area contributed by atoms with Crippen LogP contribution < -0.4 is 4.18 Å². The van der Waals surface area contributed by atoms with E-state index in [4.69, 9.17) is 5.11 Å². The van der Waals surface area contributed by atoms with Crippen LogP contribution in [0.2, 0.25) is 0 Å². The number of carboxylic acid groups (broad SMARTS) is 1. The predicted octanol–water partition coefficient (Wildman–Crippen LogP) is 1.99. The van der Waals surface area contributed by atoms with Gasteiger partial charge in [0.05, 0.1) is 0 Å². The molecule has 0 radical (unpaired) electrons. The van der Waals surface area contributed by atoms with Crippen molar-refractivity contribution in [1.29, 1.82) is 0 Å². The fraction of sp³-hybridized carbons (Fsp3) is 0.417. The minimum absolute atomic E-state index is 0.178. The van der Waals surface area contributed by atoms with Gasteiger partial charge in [-0.2, -0.15) is 21.6 Å². The number of benzene rings is 1. The van der Waals surface area contributed by atoms with Crippen molar-refractivity contribution in [1.82, 2.24) is 4.90 Å². The summed E-state index contributed by atoms with van der Waals surface area (Å²) in [5.41, 5.74) is -4.18. The van der Waals surface area contributed by atoms with Crippen LogP contribution in [0.15, 0.2) is 18.2 Å². The molecule has 0 atom stereocenters. The average molecular weight is 339 g/mol. The number of rotatable bonds is 2. The molecule has 1 aromatic rings. The van der Waals surface area contributed by atoms with E-state index in [-0.39, 0.29) is 19.5 Å². The molecule has 22 heavy (non-hydrogen) atoms. The van der Waals surface area contributed by atoms with E-state index < -0.39 is 27.5 Å². The number of nitrogens with zero attached hydrogens (tertiary/aromatic N) is 1. The third-order valence-electron chi connectivity index (χ3n) is 3.24. The van der Waals surface area contributed by atoms with Gasteiger partial charge in [0, 0.05) is 13.1 Å². The van der Waals surface area contributed by atoms with E-state index in [9.17, 15) is 26.4 Å². The largest absolute Gasteiger partial charge is 0.534 e. The highest BCUT2D eigenvalue weighted by Crippen LogP contribution is 2.29. The van der Waals surface area contributed by atoms with Crippen LogP contribution in [-0.4, -0.2) is 43.1 Å². The first-order valence-corrected chi connectivity index (χ1v) is 7.61. The summed E-state index contributed by atoms with van der Waals surface area (Å²) in [7, 11) is -5.72. The van der Waals surface area contributed by atoms with E-state index in [1.165, 1.54) is 17.0 Å². The van der Waals surface area contributed by atoms with Gasteiger partial charge < -0.3 is 14.2 Å². The molecule has 1 N–H and O–H groups in total. The summed E-state index contributed by atoms with van der Waals surface area (Å²) in [5, 5.41) is 8.94. The molecule has 0 fully saturated rings. The lowest BCUT2D eigenvalue weighted by Crippen LogP contribution is -2.31.